The van der Waals surface area contributed by atoms with Crippen LogP contribution in [0.1, 0.15) is 77.6 Å². The number of hydrogen-bond donors (Lipinski definition) is 3. The third kappa shape index (κ3) is 19.8. The maximum Gasteiger partial charge on any atom is 1.00 e. The summed E-state index contributed by atoms with van der Waals surface area (Å²) in [5.74, 6) is -1.42. The first kappa shape index (κ1) is 25.1. The number of carbonyl (C=O) groups excluding carboxylic acids is 2. The Labute approximate surface area is 162 Å². The van der Waals surface area contributed by atoms with Crippen molar-refractivity contribution < 1.29 is 49.4 Å². The molecular weight excluding hydrogens is 307 g/mol. The minimum atomic E-state index is -1.33. The molecule has 0 aliphatic rings. The molecule has 0 spiro atoms. The Morgan fingerprint density at radius 2 is 1.52 bits per heavy atom. The van der Waals surface area contributed by atoms with E-state index >= 15 is 0 Å². The first-order valence-electron chi connectivity index (χ1n) is 8.44. The van der Waals surface area contributed by atoms with Crippen molar-refractivity contribution in [2.75, 3.05) is 6.67 Å². The molecule has 0 saturated carbocycles. The van der Waals surface area contributed by atoms with E-state index in [9.17, 15) is 19.8 Å². The van der Waals surface area contributed by atoms with Gasteiger partial charge in [-0.2, -0.15) is 0 Å². The van der Waals surface area contributed by atoms with Crippen molar-refractivity contribution in [1.82, 2.24) is 10.6 Å². The summed E-state index contributed by atoms with van der Waals surface area (Å²) in [6.45, 7) is 2.27. The maximum absolute atomic E-state index is 11.5. The second kappa shape index (κ2) is 18.2. The standard InChI is InChI=1S/C16H32N2O4.Na/c1-2-3-4-5-6-7-8-9-10-11-14(19)17-13-18-15(20)12-16(21)22;/h15,18,20H,2-13H2,1H3,(H,17,19)(H,21,22);/q;+1/p-1. The van der Waals surface area contributed by atoms with Gasteiger partial charge in [-0.3, -0.25) is 10.1 Å². The minimum absolute atomic E-state index is 0. The summed E-state index contributed by atoms with van der Waals surface area (Å²) < 4.78 is 0. The molecule has 0 fully saturated rings. The number of amides is 1. The fraction of sp³-hybridized carbons (Fsp3) is 0.875. The van der Waals surface area contributed by atoms with E-state index in [1.54, 1.807) is 0 Å². The Hall–Kier alpha value is -0.140. The van der Waals surface area contributed by atoms with Crippen LogP contribution in [0.5, 0.6) is 0 Å². The zero-order chi connectivity index (χ0) is 16.6. The number of aliphatic hydroxyl groups is 1. The van der Waals surface area contributed by atoms with Gasteiger partial charge < -0.3 is 20.3 Å². The number of carboxylic acid groups (broad SMARTS) is 1. The third-order valence-corrected chi connectivity index (χ3v) is 3.49. The van der Waals surface area contributed by atoms with Crippen molar-refractivity contribution in [2.45, 2.75) is 83.8 Å². The smallest absolute Gasteiger partial charge is 0.550 e. The topological polar surface area (TPSA) is 101 Å². The summed E-state index contributed by atoms with van der Waals surface area (Å²) in [7, 11) is 0. The van der Waals surface area contributed by atoms with Crippen molar-refractivity contribution >= 4 is 11.9 Å². The molecule has 0 aromatic carbocycles. The average molecular weight is 338 g/mol. The molecular formula is C16H31N2NaO4. The summed E-state index contributed by atoms with van der Waals surface area (Å²) in [4.78, 5) is 21.7. The van der Waals surface area contributed by atoms with Gasteiger partial charge in [0.15, 0.2) is 0 Å². The zero-order valence-corrected chi connectivity index (χ0v) is 16.7. The normalized spacial score (nSPS) is 11.6. The van der Waals surface area contributed by atoms with E-state index in [1.807, 2.05) is 0 Å². The Morgan fingerprint density at radius 1 is 1.00 bits per heavy atom. The summed E-state index contributed by atoms with van der Waals surface area (Å²) in [5, 5.41) is 24.5. The second-order valence-electron chi connectivity index (χ2n) is 5.65. The van der Waals surface area contributed by atoms with Gasteiger partial charge in [-0.05, 0) is 6.42 Å². The number of rotatable bonds is 15. The van der Waals surface area contributed by atoms with Crippen LogP contribution >= 0.6 is 0 Å². The van der Waals surface area contributed by atoms with E-state index in [1.165, 1.54) is 44.9 Å². The van der Waals surface area contributed by atoms with Gasteiger partial charge in [0.2, 0.25) is 5.91 Å². The molecule has 0 aliphatic heterocycles. The molecule has 7 heteroatoms. The van der Waals surface area contributed by atoms with Gasteiger partial charge >= 0.3 is 29.6 Å². The van der Waals surface area contributed by atoms with E-state index in [4.69, 9.17) is 0 Å². The Bertz CT molecular complexity index is 304. The van der Waals surface area contributed by atoms with Crippen molar-refractivity contribution in [3.8, 4) is 0 Å². The number of aliphatic hydroxyl groups excluding tert-OH is 1. The predicted octanol–water partition coefficient (Wildman–Crippen LogP) is -1.97. The maximum atomic E-state index is 11.5. The minimum Gasteiger partial charge on any atom is -0.550 e. The second-order valence-corrected chi connectivity index (χ2v) is 5.65. The van der Waals surface area contributed by atoms with Crippen LogP contribution in [0.3, 0.4) is 0 Å². The summed E-state index contributed by atoms with van der Waals surface area (Å²) in [6, 6.07) is 0. The molecule has 0 bridgehead atoms. The van der Waals surface area contributed by atoms with Crippen LogP contribution in [0.2, 0.25) is 0 Å². The van der Waals surface area contributed by atoms with Crippen LogP contribution in [-0.4, -0.2) is 29.9 Å². The predicted molar refractivity (Wildman–Crippen MR) is 83.6 cm³/mol. The largest absolute Gasteiger partial charge is 1.00 e. The van der Waals surface area contributed by atoms with E-state index in [2.05, 4.69) is 17.6 Å². The summed E-state index contributed by atoms with van der Waals surface area (Å²) in [5.41, 5.74) is 0. The van der Waals surface area contributed by atoms with Gasteiger partial charge in [0.25, 0.3) is 0 Å². The summed E-state index contributed by atoms with van der Waals surface area (Å²) in [6.07, 6.45) is 9.63. The molecule has 3 N–H and O–H groups in total. The zero-order valence-electron chi connectivity index (χ0n) is 14.7. The van der Waals surface area contributed by atoms with Crippen molar-refractivity contribution in [3.63, 3.8) is 0 Å². The molecule has 0 saturated heterocycles. The quantitative estimate of drug-likeness (QED) is 0.183. The van der Waals surface area contributed by atoms with Gasteiger partial charge in [0.05, 0.1) is 6.67 Å². The Kier molecular flexibility index (Phi) is 19.9. The van der Waals surface area contributed by atoms with E-state index in [0.29, 0.717) is 6.42 Å². The van der Waals surface area contributed by atoms with Gasteiger partial charge in [-0.25, -0.2) is 0 Å². The van der Waals surface area contributed by atoms with Crippen molar-refractivity contribution in [3.05, 3.63) is 0 Å². The van der Waals surface area contributed by atoms with Crippen LogP contribution in [0.15, 0.2) is 0 Å². The molecule has 23 heavy (non-hydrogen) atoms. The molecule has 0 heterocycles. The van der Waals surface area contributed by atoms with Crippen molar-refractivity contribution in [2.24, 2.45) is 0 Å². The fourth-order valence-corrected chi connectivity index (χ4v) is 2.18. The molecule has 0 aromatic rings. The molecule has 1 atom stereocenters. The first-order valence-corrected chi connectivity index (χ1v) is 8.44. The number of hydrogen-bond acceptors (Lipinski definition) is 5. The van der Waals surface area contributed by atoms with Crippen LogP contribution in [0.25, 0.3) is 0 Å². The summed E-state index contributed by atoms with van der Waals surface area (Å²) >= 11 is 0. The SMILES string of the molecule is CCCCCCCCCCCC(=O)NCNC(O)CC(=O)[O-].[Na+]. The number of unbranched alkanes of at least 4 members (excludes halogenated alkanes) is 8. The van der Waals surface area contributed by atoms with Gasteiger partial charge in [0.1, 0.15) is 6.23 Å². The van der Waals surface area contributed by atoms with Crippen LogP contribution < -0.4 is 45.3 Å². The Balaban J connectivity index is 0. The first-order chi connectivity index (χ1) is 10.6. The number of carbonyl (C=O) groups is 2. The van der Waals surface area contributed by atoms with Crippen LogP contribution in [-0.2, 0) is 9.59 Å². The van der Waals surface area contributed by atoms with Crippen LogP contribution in [0, 0.1) is 0 Å². The number of nitrogens with one attached hydrogen (secondary N) is 2. The molecule has 6 nitrogen and oxygen atoms in total. The molecule has 1 unspecified atom stereocenters. The number of aliphatic carboxylic acids is 1. The molecule has 0 aromatic heterocycles. The van der Waals surface area contributed by atoms with Crippen LogP contribution in [0.4, 0.5) is 0 Å². The fourth-order valence-electron chi connectivity index (χ4n) is 2.18. The molecule has 1 amide bonds. The van der Waals surface area contributed by atoms with Gasteiger partial charge in [0, 0.05) is 18.8 Å². The van der Waals surface area contributed by atoms with E-state index in [-0.39, 0.29) is 42.1 Å². The number of carboxylic acids is 1. The van der Waals surface area contributed by atoms with Gasteiger partial charge in [-0.1, -0.05) is 58.3 Å². The molecule has 0 radical (unpaired) electrons. The van der Waals surface area contributed by atoms with Gasteiger partial charge in [-0.15, -0.1) is 0 Å². The Morgan fingerprint density at radius 3 is 2.04 bits per heavy atom. The average Bonchev–Trinajstić information content (AvgIpc) is 2.44. The molecule has 0 aliphatic carbocycles. The van der Waals surface area contributed by atoms with Crippen molar-refractivity contribution in [1.29, 1.82) is 0 Å². The van der Waals surface area contributed by atoms with E-state index in [0.717, 1.165) is 12.8 Å². The third-order valence-electron chi connectivity index (χ3n) is 3.49. The molecule has 0 rings (SSSR count). The van der Waals surface area contributed by atoms with E-state index < -0.39 is 18.6 Å². The molecule has 130 valence electrons. The monoisotopic (exact) mass is 338 g/mol.